The van der Waals surface area contributed by atoms with Crippen molar-refractivity contribution >= 4 is 39.5 Å². The van der Waals surface area contributed by atoms with Crippen LogP contribution in [0.25, 0.3) is 0 Å². The van der Waals surface area contributed by atoms with Crippen LogP contribution >= 0.6 is 15.6 Å². The predicted octanol–water partition coefficient (Wildman–Crippen LogP) is 20.1. The van der Waals surface area contributed by atoms with Crippen molar-refractivity contribution in [2.24, 2.45) is 5.92 Å². The Morgan fingerprint density at radius 1 is 0.315 bits per heavy atom. The van der Waals surface area contributed by atoms with Crippen molar-refractivity contribution in [3.05, 3.63) is 0 Å². The number of aliphatic hydroxyl groups is 1. The van der Waals surface area contributed by atoms with Crippen LogP contribution in [0.2, 0.25) is 0 Å². The Labute approximate surface area is 543 Å². The highest BCUT2D eigenvalue weighted by molar-refractivity contribution is 7.47. The van der Waals surface area contributed by atoms with Gasteiger partial charge in [0.1, 0.15) is 19.3 Å². The van der Waals surface area contributed by atoms with Gasteiger partial charge in [0, 0.05) is 25.7 Å². The molecule has 6 atom stereocenters. The van der Waals surface area contributed by atoms with Gasteiger partial charge in [0.05, 0.1) is 26.4 Å². The summed E-state index contributed by atoms with van der Waals surface area (Å²) in [6, 6.07) is 0. The lowest BCUT2D eigenvalue weighted by Crippen LogP contribution is -2.30. The lowest BCUT2D eigenvalue weighted by molar-refractivity contribution is -0.161. The Balaban J connectivity index is 5.23. The fraction of sp³-hybridized carbons (Fsp3) is 0.943. The zero-order valence-corrected chi connectivity index (χ0v) is 59.4. The zero-order chi connectivity index (χ0) is 65.6. The fourth-order valence-electron chi connectivity index (χ4n) is 10.6. The topological polar surface area (TPSA) is 237 Å². The Morgan fingerprint density at radius 2 is 0.539 bits per heavy atom. The van der Waals surface area contributed by atoms with Gasteiger partial charge in [-0.15, -0.1) is 0 Å². The maximum atomic E-state index is 13.0. The summed E-state index contributed by atoms with van der Waals surface area (Å²) in [6.07, 6.45) is 49.8. The number of aliphatic hydroxyl groups excluding tert-OH is 1. The van der Waals surface area contributed by atoms with Gasteiger partial charge in [-0.3, -0.25) is 37.3 Å². The third-order valence-electron chi connectivity index (χ3n) is 16.6. The third kappa shape index (κ3) is 63.2. The van der Waals surface area contributed by atoms with E-state index < -0.39 is 97.5 Å². The molecule has 0 radical (unpaired) electrons. The second-order valence-corrected chi connectivity index (χ2v) is 28.4. The summed E-state index contributed by atoms with van der Waals surface area (Å²) in [5.74, 6) is -1.35. The van der Waals surface area contributed by atoms with E-state index in [0.717, 1.165) is 102 Å². The van der Waals surface area contributed by atoms with Crippen molar-refractivity contribution < 1.29 is 80.2 Å². The molecule has 0 rings (SSSR count). The number of unbranched alkanes of at least 4 members (excludes halogenated alkanes) is 41. The SMILES string of the molecule is CCCCCCCCCCCCCCCCCC(=O)O[C@H](COC(=O)CCCCCCCCCCCCCCCC)COP(=O)(O)OC[C@@H](O)COP(=O)(O)OC[C@@H](COC(=O)CCCCCCCCCC)OC(=O)CCCCCCCCCCC(C)CC. The minimum absolute atomic E-state index is 0.105. The molecule has 0 saturated carbocycles. The Hall–Kier alpha value is -1.94. The molecule has 89 heavy (non-hydrogen) atoms. The molecule has 0 aromatic rings. The molecule has 0 aromatic carbocycles. The van der Waals surface area contributed by atoms with E-state index in [-0.39, 0.29) is 25.7 Å². The highest BCUT2D eigenvalue weighted by Gasteiger charge is 2.30. The predicted molar refractivity (Wildman–Crippen MR) is 358 cm³/mol. The van der Waals surface area contributed by atoms with Crippen molar-refractivity contribution in [3.8, 4) is 0 Å². The molecule has 0 saturated heterocycles. The molecule has 3 N–H and O–H groups in total. The Kier molecular flexibility index (Phi) is 62.1. The van der Waals surface area contributed by atoms with Gasteiger partial charge in [0.25, 0.3) is 0 Å². The number of carbonyl (C=O) groups is 4. The number of phosphoric acid groups is 2. The first-order valence-corrected chi connectivity index (χ1v) is 39.7. The van der Waals surface area contributed by atoms with E-state index in [2.05, 4.69) is 34.6 Å². The van der Waals surface area contributed by atoms with Gasteiger partial charge in [-0.2, -0.15) is 0 Å². The molecule has 0 bridgehead atoms. The van der Waals surface area contributed by atoms with E-state index >= 15 is 0 Å². The molecule has 0 aromatic heterocycles. The van der Waals surface area contributed by atoms with Gasteiger partial charge in [-0.25, -0.2) is 9.13 Å². The first-order chi connectivity index (χ1) is 43.1. The van der Waals surface area contributed by atoms with Crippen molar-refractivity contribution in [3.63, 3.8) is 0 Å². The number of carbonyl (C=O) groups excluding carboxylic acids is 4. The summed E-state index contributed by atoms with van der Waals surface area (Å²) in [6.45, 7) is 7.22. The molecule has 0 aliphatic rings. The summed E-state index contributed by atoms with van der Waals surface area (Å²) in [5, 5.41) is 10.6. The first kappa shape index (κ1) is 87.1. The van der Waals surface area contributed by atoms with Crippen molar-refractivity contribution in [1.29, 1.82) is 0 Å². The summed E-state index contributed by atoms with van der Waals surface area (Å²) in [7, 11) is -9.90. The minimum Gasteiger partial charge on any atom is -0.462 e. The van der Waals surface area contributed by atoms with E-state index in [1.807, 2.05) is 0 Å². The van der Waals surface area contributed by atoms with Crippen LogP contribution in [-0.4, -0.2) is 96.7 Å². The van der Waals surface area contributed by atoms with Gasteiger partial charge in [-0.05, 0) is 31.6 Å². The van der Waals surface area contributed by atoms with E-state index in [4.69, 9.17) is 37.0 Å². The molecule has 3 unspecified atom stereocenters. The largest absolute Gasteiger partial charge is 0.472 e. The van der Waals surface area contributed by atoms with Gasteiger partial charge in [-0.1, -0.05) is 311 Å². The molecule has 0 fully saturated rings. The summed E-state index contributed by atoms with van der Waals surface area (Å²) < 4.78 is 68.2. The third-order valence-corrected chi connectivity index (χ3v) is 18.5. The van der Waals surface area contributed by atoms with Crippen LogP contribution in [0.15, 0.2) is 0 Å². The van der Waals surface area contributed by atoms with Crippen molar-refractivity contribution in [1.82, 2.24) is 0 Å². The second-order valence-electron chi connectivity index (χ2n) is 25.5. The van der Waals surface area contributed by atoms with Crippen LogP contribution in [0, 0.1) is 5.92 Å². The number of rotatable bonds is 70. The number of hydrogen-bond acceptors (Lipinski definition) is 15. The van der Waals surface area contributed by atoms with Crippen LogP contribution in [-0.2, 0) is 65.4 Å². The smallest absolute Gasteiger partial charge is 0.462 e. The van der Waals surface area contributed by atoms with Crippen LogP contribution in [0.1, 0.15) is 362 Å². The second kappa shape index (κ2) is 63.5. The number of ether oxygens (including phenoxy) is 4. The van der Waals surface area contributed by atoms with Crippen molar-refractivity contribution in [2.45, 2.75) is 380 Å². The van der Waals surface area contributed by atoms with Gasteiger partial charge in [0.15, 0.2) is 12.2 Å². The normalized spacial score (nSPS) is 14.4. The Bertz CT molecular complexity index is 1720. The molecule has 17 nitrogen and oxygen atoms in total. The molecule has 0 aliphatic heterocycles. The summed E-state index contributed by atoms with van der Waals surface area (Å²) >= 11 is 0. The molecule has 0 amide bonds. The van der Waals surface area contributed by atoms with E-state index in [9.17, 15) is 43.2 Å². The van der Waals surface area contributed by atoms with E-state index in [1.54, 1.807) is 0 Å². The lowest BCUT2D eigenvalue weighted by Gasteiger charge is -2.21. The first-order valence-electron chi connectivity index (χ1n) is 36.7. The number of hydrogen-bond donors (Lipinski definition) is 3. The lowest BCUT2D eigenvalue weighted by atomic mass is 9.99. The van der Waals surface area contributed by atoms with Crippen LogP contribution in [0.4, 0.5) is 0 Å². The van der Waals surface area contributed by atoms with E-state index in [0.29, 0.717) is 25.7 Å². The van der Waals surface area contributed by atoms with Gasteiger partial charge in [0.2, 0.25) is 0 Å². The monoisotopic (exact) mass is 1310 g/mol. The van der Waals surface area contributed by atoms with Gasteiger partial charge < -0.3 is 33.8 Å². The standard InChI is InChI=1S/C70H136O17P2/c1-6-10-13-16-19-22-24-26-28-30-32-34-40-45-50-55-69(74)86-66(60-81-68(73)54-49-44-39-33-31-29-27-25-23-20-17-14-11-7-2)62-85-89(78,79)83-58-64(71)57-82-88(76,77)84-61-65(59-80-67(72)53-48-43-38-21-18-15-12-8-3)87-70(75)56-51-46-41-36-35-37-42-47-52-63(5)9-4/h63-66,71H,6-62H2,1-5H3,(H,76,77)(H,78,79)/t63?,64-,65+,66+/m0/s1. The molecule has 19 heteroatoms. The van der Waals surface area contributed by atoms with Crippen molar-refractivity contribution in [2.75, 3.05) is 39.6 Å². The minimum atomic E-state index is -4.95. The van der Waals surface area contributed by atoms with Gasteiger partial charge >= 0.3 is 39.5 Å². The quantitative estimate of drug-likeness (QED) is 0.0222. The van der Waals surface area contributed by atoms with Crippen LogP contribution in [0.3, 0.4) is 0 Å². The summed E-state index contributed by atoms with van der Waals surface area (Å²) in [5.41, 5.74) is 0. The fourth-order valence-corrected chi connectivity index (χ4v) is 12.2. The highest BCUT2D eigenvalue weighted by atomic mass is 31.2. The maximum absolute atomic E-state index is 13.0. The van der Waals surface area contributed by atoms with Crippen LogP contribution < -0.4 is 0 Å². The Morgan fingerprint density at radius 3 is 0.798 bits per heavy atom. The molecule has 528 valence electrons. The molecular weight excluding hydrogens is 1170 g/mol. The number of phosphoric ester groups is 2. The molecular formula is C70H136O17P2. The average Bonchev–Trinajstić information content (AvgIpc) is 3.72. The number of esters is 4. The molecule has 0 aliphatic carbocycles. The zero-order valence-electron chi connectivity index (χ0n) is 57.6. The van der Waals surface area contributed by atoms with E-state index in [1.165, 1.54) is 180 Å². The maximum Gasteiger partial charge on any atom is 0.472 e. The average molecular weight is 1310 g/mol. The summed E-state index contributed by atoms with van der Waals surface area (Å²) in [4.78, 5) is 72.5. The highest BCUT2D eigenvalue weighted by Crippen LogP contribution is 2.45. The molecule has 0 spiro atoms. The molecule has 0 heterocycles. The van der Waals surface area contributed by atoms with Crippen LogP contribution in [0.5, 0.6) is 0 Å².